The Kier molecular flexibility index (Phi) is 3.21. The summed E-state index contributed by atoms with van der Waals surface area (Å²) < 4.78 is 5.91. The lowest BCUT2D eigenvalue weighted by Crippen LogP contribution is -2.19. The molecule has 2 aliphatic carbocycles. The summed E-state index contributed by atoms with van der Waals surface area (Å²) in [6.07, 6.45) is 5.45. The third-order valence-corrected chi connectivity index (χ3v) is 4.72. The molecule has 0 spiro atoms. The highest BCUT2D eigenvalue weighted by Crippen LogP contribution is 2.48. The van der Waals surface area contributed by atoms with Crippen molar-refractivity contribution in [1.29, 1.82) is 0 Å². The fraction of sp³-hybridized carbons (Fsp3) is 0.562. The lowest BCUT2D eigenvalue weighted by Gasteiger charge is -2.22. The van der Waals surface area contributed by atoms with Crippen LogP contribution in [0.2, 0.25) is 0 Å². The van der Waals surface area contributed by atoms with E-state index in [4.69, 9.17) is 10.5 Å². The first-order valence-electron chi connectivity index (χ1n) is 7.16. The summed E-state index contributed by atoms with van der Waals surface area (Å²) in [5, 5.41) is 0. The Bertz CT molecular complexity index is 498. The molecule has 0 saturated heterocycles. The fourth-order valence-electron chi connectivity index (χ4n) is 3.73. The molecule has 0 aliphatic heterocycles. The molecule has 0 aromatic heterocycles. The number of nitrogens with two attached hydrogens (primary N) is 1. The average molecular weight is 259 g/mol. The molecule has 2 saturated carbocycles. The Hall–Kier alpha value is -1.51. The van der Waals surface area contributed by atoms with E-state index in [1.807, 2.05) is 6.07 Å². The number of ether oxygens (including phenoxy) is 1. The van der Waals surface area contributed by atoms with Gasteiger partial charge in [0.15, 0.2) is 5.78 Å². The van der Waals surface area contributed by atoms with Crippen LogP contribution in [0.4, 0.5) is 5.69 Å². The second-order valence-corrected chi connectivity index (χ2v) is 6.06. The molecule has 3 rings (SSSR count). The van der Waals surface area contributed by atoms with Crippen LogP contribution in [0.5, 0.6) is 5.75 Å². The molecule has 0 heterocycles. The van der Waals surface area contributed by atoms with Crippen molar-refractivity contribution in [3.63, 3.8) is 0 Å². The molecule has 0 amide bonds. The molecule has 2 N–H and O–H groups in total. The molecule has 19 heavy (non-hydrogen) atoms. The van der Waals surface area contributed by atoms with Crippen LogP contribution in [0.25, 0.3) is 0 Å². The second kappa shape index (κ2) is 4.87. The number of benzene rings is 1. The Morgan fingerprint density at radius 2 is 2.21 bits per heavy atom. The number of nitrogen functional groups attached to an aromatic ring is 1. The van der Waals surface area contributed by atoms with E-state index in [1.165, 1.54) is 25.7 Å². The van der Waals surface area contributed by atoms with E-state index in [-0.39, 0.29) is 5.78 Å². The van der Waals surface area contributed by atoms with Gasteiger partial charge in [-0.3, -0.25) is 4.79 Å². The smallest absolute Gasteiger partial charge is 0.163 e. The number of carbonyl (C=O) groups is 1. The first-order valence-corrected chi connectivity index (χ1v) is 7.16. The third-order valence-electron chi connectivity index (χ3n) is 4.72. The van der Waals surface area contributed by atoms with Gasteiger partial charge in [-0.2, -0.15) is 0 Å². The minimum absolute atomic E-state index is 0.00948. The molecule has 2 fully saturated rings. The maximum atomic E-state index is 11.6. The van der Waals surface area contributed by atoms with Crippen LogP contribution in [0.15, 0.2) is 18.2 Å². The standard InChI is InChI=1S/C16H21NO2/c1-10(18)15-8-14(17)4-5-16(15)19-9-13-7-11-2-3-12(13)6-11/h4-5,8,11-13H,2-3,6-7,9,17H2,1H3. The van der Waals surface area contributed by atoms with E-state index in [2.05, 4.69) is 0 Å². The lowest BCUT2D eigenvalue weighted by atomic mass is 9.89. The van der Waals surface area contributed by atoms with Gasteiger partial charge in [0.2, 0.25) is 0 Å². The van der Waals surface area contributed by atoms with Gasteiger partial charge >= 0.3 is 0 Å². The number of carbonyl (C=O) groups excluding carboxylic acids is 1. The topological polar surface area (TPSA) is 52.3 Å². The lowest BCUT2D eigenvalue weighted by molar-refractivity contribution is 0.101. The average Bonchev–Trinajstić information content (AvgIpc) is 2.99. The summed E-state index contributed by atoms with van der Waals surface area (Å²) in [5.41, 5.74) is 6.93. The number of fused-ring (bicyclic) bond motifs is 2. The summed E-state index contributed by atoms with van der Waals surface area (Å²) in [6, 6.07) is 5.32. The number of Topliss-reactive ketones (excluding diaryl/α,β-unsaturated/α-hetero) is 1. The zero-order valence-electron chi connectivity index (χ0n) is 11.4. The first kappa shape index (κ1) is 12.5. The molecule has 1 aromatic carbocycles. The summed E-state index contributed by atoms with van der Waals surface area (Å²) in [5.74, 6) is 3.15. The molecule has 1 aromatic rings. The van der Waals surface area contributed by atoms with Crippen molar-refractivity contribution in [2.45, 2.75) is 32.6 Å². The summed E-state index contributed by atoms with van der Waals surface area (Å²) in [6.45, 7) is 2.30. The van der Waals surface area contributed by atoms with Crippen molar-refractivity contribution in [1.82, 2.24) is 0 Å². The molecule has 102 valence electrons. The zero-order chi connectivity index (χ0) is 13.4. The Morgan fingerprint density at radius 3 is 2.84 bits per heavy atom. The van der Waals surface area contributed by atoms with E-state index in [0.717, 1.165) is 18.4 Å². The van der Waals surface area contributed by atoms with Crippen LogP contribution < -0.4 is 10.5 Å². The largest absolute Gasteiger partial charge is 0.493 e. The van der Waals surface area contributed by atoms with Crippen LogP contribution in [-0.4, -0.2) is 12.4 Å². The number of rotatable bonds is 4. The van der Waals surface area contributed by atoms with Gasteiger partial charge < -0.3 is 10.5 Å². The second-order valence-electron chi connectivity index (χ2n) is 6.06. The highest BCUT2D eigenvalue weighted by Gasteiger charge is 2.39. The Balaban J connectivity index is 1.68. The predicted octanol–water partition coefficient (Wildman–Crippen LogP) is 3.29. The van der Waals surface area contributed by atoms with Gasteiger partial charge in [-0.25, -0.2) is 0 Å². The summed E-state index contributed by atoms with van der Waals surface area (Å²) in [4.78, 5) is 11.6. The molecule has 3 atom stereocenters. The van der Waals surface area contributed by atoms with Crippen LogP contribution >= 0.6 is 0 Å². The van der Waals surface area contributed by atoms with Gasteiger partial charge in [0.25, 0.3) is 0 Å². The predicted molar refractivity (Wildman–Crippen MR) is 75.3 cm³/mol. The maximum absolute atomic E-state index is 11.6. The van der Waals surface area contributed by atoms with Crippen LogP contribution in [0, 0.1) is 17.8 Å². The minimum atomic E-state index is 0.00948. The molecular formula is C16H21NO2. The normalized spacial score (nSPS) is 28.6. The molecule has 3 heteroatoms. The van der Waals surface area contributed by atoms with E-state index >= 15 is 0 Å². The number of hydrogen-bond acceptors (Lipinski definition) is 3. The Morgan fingerprint density at radius 1 is 1.37 bits per heavy atom. The van der Waals surface area contributed by atoms with Crippen LogP contribution in [0.3, 0.4) is 0 Å². The number of hydrogen-bond donors (Lipinski definition) is 1. The van der Waals surface area contributed by atoms with E-state index < -0.39 is 0 Å². The van der Waals surface area contributed by atoms with Gasteiger partial charge in [0.1, 0.15) is 5.75 Å². The minimum Gasteiger partial charge on any atom is -0.493 e. The highest BCUT2D eigenvalue weighted by atomic mass is 16.5. The van der Waals surface area contributed by atoms with E-state index in [9.17, 15) is 4.79 Å². The molecule has 2 aliphatic rings. The summed E-state index contributed by atoms with van der Waals surface area (Å²) in [7, 11) is 0. The number of anilines is 1. The maximum Gasteiger partial charge on any atom is 0.163 e. The van der Waals surface area contributed by atoms with Crippen molar-refractivity contribution in [2.75, 3.05) is 12.3 Å². The quantitative estimate of drug-likeness (QED) is 0.667. The van der Waals surface area contributed by atoms with Gasteiger partial charge in [0.05, 0.1) is 12.2 Å². The van der Waals surface area contributed by atoms with Crippen molar-refractivity contribution >= 4 is 11.5 Å². The molecular weight excluding hydrogens is 238 g/mol. The van der Waals surface area contributed by atoms with Gasteiger partial charge in [-0.15, -0.1) is 0 Å². The van der Waals surface area contributed by atoms with Crippen molar-refractivity contribution in [3.8, 4) is 5.75 Å². The van der Waals surface area contributed by atoms with Gasteiger partial charge in [-0.1, -0.05) is 6.42 Å². The van der Waals surface area contributed by atoms with Crippen LogP contribution in [0.1, 0.15) is 43.0 Å². The SMILES string of the molecule is CC(=O)c1cc(N)ccc1OCC1CC2CCC1C2. The number of ketones is 1. The molecule has 3 nitrogen and oxygen atoms in total. The van der Waals surface area contributed by atoms with Gasteiger partial charge in [0, 0.05) is 5.69 Å². The van der Waals surface area contributed by atoms with E-state index in [1.54, 1.807) is 19.1 Å². The Labute approximate surface area is 114 Å². The molecule has 0 radical (unpaired) electrons. The van der Waals surface area contributed by atoms with Crippen LogP contribution in [-0.2, 0) is 0 Å². The van der Waals surface area contributed by atoms with E-state index in [0.29, 0.717) is 22.9 Å². The summed E-state index contributed by atoms with van der Waals surface area (Å²) >= 11 is 0. The van der Waals surface area contributed by atoms with Crippen molar-refractivity contribution < 1.29 is 9.53 Å². The fourth-order valence-corrected chi connectivity index (χ4v) is 3.73. The van der Waals surface area contributed by atoms with Gasteiger partial charge in [-0.05, 0) is 62.1 Å². The van der Waals surface area contributed by atoms with Crippen molar-refractivity contribution in [3.05, 3.63) is 23.8 Å². The molecule has 2 bridgehead atoms. The third kappa shape index (κ3) is 2.46. The zero-order valence-corrected chi connectivity index (χ0v) is 11.4. The van der Waals surface area contributed by atoms with Crippen molar-refractivity contribution in [2.24, 2.45) is 17.8 Å². The highest BCUT2D eigenvalue weighted by molar-refractivity contribution is 5.97. The first-order chi connectivity index (χ1) is 9.13. The molecule has 3 unspecified atom stereocenters. The monoisotopic (exact) mass is 259 g/mol.